The zero-order valence-corrected chi connectivity index (χ0v) is 32.6. The minimum atomic E-state index is -4.36. The molecule has 0 aliphatic rings. The Morgan fingerprint density at radius 2 is 0.878 bits per heavy atom. The summed E-state index contributed by atoms with van der Waals surface area (Å²) in [6, 6.07) is -1.08. The Kier molecular flexibility index (Phi) is 34.9. The lowest BCUT2D eigenvalue weighted by molar-refractivity contribution is -0.122. The van der Waals surface area contributed by atoms with Crippen LogP contribution >= 0.6 is 0 Å². The van der Waals surface area contributed by atoms with Crippen LogP contribution in [0.3, 0.4) is 0 Å². The van der Waals surface area contributed by atoms with Crippen molar-refractivity contribution >= 4 is 16.0 Å². The lowest BCUT2D eigenvalue weighted by Gasteiger charge is -2.21. The number of hydrogen-bond acceptors (Lipinski definition) is 4. The first-order chi connectivity index (χ1) is 23.8. The number of aliphatic hydroxyl groups is 1. The van der Waals surface area contributed by atoms with Gasteiger partial charge in [0.25, 0.3) is 10.1 Å². The number of nitrogens with one attached hydrogen (secondary N) is 1. The van der Waals surface area contributed by atoms with E-state index >= 15 is 0 Å². The quantitative estimate of drug-likeness (QED) is 0.0342. The van der Waals surface area contributed by atoms with E-state index in [2.05, 4.69) is 55.6 Å². The van der Waals surface area contributed by atoms with Crippen LogP contribution in [0.15, 0.2) is 48.6 Å². The second-order valence-corrected chi connectivity index (χ2v) is 15.4. The van der Waals surface area contributed by atoms with Gasteiger partial charge in [0.2, 0.25) is 5.91 Å². The predicted octanol–water partition coefficient (Wildman–Crippen LogP) is 11.9. The van der Waals surface area contributed by atoms with Crippen molar-refractivity contribution in [1.29, 1.82) is 0 Å². The van der Waals surface area contributed by atoms with Gasteiger partial charge in [0, 0.05) is 6.42 Å². The maximum atomic E-state index is 12.5. The zero-order chi connectivity index (χ0) is 36.1. The molecule has 0 spiro atoms. The highest BCUT2D eigenvalue weighted by atomic mass is 32.2. The molecule has 49 heavy (non-hydrogen) atoms. The van der Waals surface area contributed by atoms with Crippen molar-refractivity contribution in [2.45, 2.75) is 206 Å². The molecule has 0 aliphatic carbocycles. The number of hydrogen-bond donors (Lipinski definition) is 3. The molecular weight excluding hydrogens is 631 g/mol. The fourth-order valence-electron chi connectivity index (χ4n) is 5.89. The monoisotopic (exact) mass is 708 g/mol. The summed E-state index contributed by atoms with van der Waals surface area (Å²) in [6.07, 6.45) is 48.1. The first-order valence-electron chi connectivity index (χ1n) is 20.3. The van der Waals surface area contributed by atoms with Gasteiger partial charge in [-0.2, -0.15) is 8.42 Å². The smallest absolute Gasteiger partial charge is 0.267 e. The SMILES string of the molecule is CCCCCCCC/C=C/CC/C=C/CC/C=C/C(O)C(CS(=O)(=O)O)NC(=O)CCCCCCCCC/C=C\CCCCCCCCC. The fourth-order valence-corrected chi connectivity index (χ4v) is 6.62. The molecule has 0 saturated heterocycles. The molecule has 0 aromatic rings. The molecule has 2 atom stereocenters. The molecule has 6 nitrogen and oxygen atoms in total. The number of carbonyl (C=O) groups excluding carboxylic acids is 1. The normalized spacial score (nSPS) is 13.8. The van der Waals surface area contributed by atoms with Crippen molar-refractivity contribution in [1.82, 2.24) is 5.32 Å². The van der Waals surface area contributed by atoms with Gasteiger partial charge in [-0.05, 0) is 70.6 Å². The molecule has 0 fully saturated rings. The van der Waals surface area contributed by atoms with Gasteiger partial charge >= 0.3 is 0 Å². The number of unbranched alkanes of at least 4 members (excludes halogenated alkanes) is 22. The van der Waals surface area contributed by atoms with Gasteiger partial charge < -0.3 is 10.4 Å². The van der Waals surface area contributed by atoms with Crippen LogP contribution in [0.5, 0.6) is 0 Å². The van der Waals surface area contributed by atoms with Crippen LogP contribution in [0.25, 0.3) is 0 Å². The second kappa shape index (κ2) is 36.1. The van der Waals surface area contributed by atoms with Crippen LogP contribution in [0.1, 0.15) is 194 Å². The zero-order valence-electron chi connectivity index (χ0n) is 31.8. The third-order valence-electron chi connectivity index (χ3n) is 8.96. The summed E-state index contributed by atoms with van der Waals surface area (Å²) in [7, 11) is -4.36. The minimum Gasteiger partial charge on any atom is -0.387 e. The molecule has 0 aliphatic heterocycles. The van der Waals surface area contributed by atoms with E-state index in [9.17, 15) is 22.9 Å². The van der Waals surface area contributed by atoms with Gasteiger partial charge in [0.15, 0.2) is 0 Å². The lowest BCUT2D eigenvalue weighted by atomic mass is 10.1. The van der Waals surface area contributed by atoms with Gasteiger partial charge in [-0.15, -0.1) is 0 Å². The predicted molar refractivity (Wildman–Crippen MR) is 212 cm³/mol. The maximum absolute atomic E-state index is 12.5. The highest BCUT2D eigenvalue weighted by Crippen LogP contribution is 2.13. The summed E-state index contributed by atoms with van der Waals surface area (Å²) in [5.74, 6) is -1.02. The number of aliphatic hydroxyl groups excluding tert-OH is 1. The van der Waals surface area contributed by atoms with Crippen LogP contribution in [-0.2, 0) is 14.9 Å². The Hall–Kier alpha value is -1.70. The Labute approximate surface area is 303 Å². The van der Waals surface area contributed by atoms with E-state index in [1.807, 2.05) is 0 Å². The molecule has 0 bridgehead atoms. The van der Waals surface area contributed by atoms with Crippen molar-refractivity contribution in [3.63, 3.8) is 0 Å². The molecule has 0 radical (unpaired) electrons. The number of rotatable bonds is 36. The summed E-state index contributed by atoms with van der Waals surface area (Å²) in [6.45, 7) is 4.51. The molecule has 0 saturated carbocycles. The fraction of sp³-hybridized carbons (Fsp3) is 0.786. The molecule has 0 rings (SSSR count). The third-order valence-corrected chi connectivity index (χ3v) is 9.74. The highest BCUT2D eigenvalue weighted by molar-refractivity contribution is 7.85. The summed E-state index contributed by atoms with van der Waals surface area (Å²) >= 11 is 0. The first-order valence-corrected chi connectivity index (χ1v) is 21.9. The number of carbonyl (C=O) groups is 1. The Morgan fingerprint density at radius 3 is 1.29 bits per heavy atom. The first kappa shape index (κ1) is 47.3. The van der Waals surface area contributed by atoms with E-state index in [0.717, 1.165) is 51.4 Å². The standard InChI is InChI=1S/C42H77NO5S/c1-3-5-7-9-11-13-15-17-19-21-22-24-26-28-30-32-34-36-38-42(45)43-40(39-49(46,47)48)41(44)37-35-33-31-29-27-25-23-20-18-16-14-12-10-8-6-4-2/h18-21,27,29,35,37,40-41,44H,3-17,22-26,28,30-34,36,38-39H2,1-2H3,(H,43,45)(H,46,47,48)/b20-18+,21-19-,29-27+,37-35+. The molecule has 0 aromatic heterocycles. The summed E-state index contributed by atoms with van der Waals surface area (Å²) in [4.78, 5) is 12.5. The topological polar surface area (TPSA) is 104 Å². The van der Waals surface area contributed by atoms with E-state index in [1.54, 1.807) is 6.08 Å². The van der Waals surface area contributed by atoms with Crippen LogP contribution in [0, 0.1) is 0 Å². The number of amides is 1. The van der Waals surface area contributed by atoms with Crippen molar-refractivity contribution in [3.8, 4) is 0 Å². The van der Waals surface area contributed by atoms with Crippen molar-refractivity contribution < 1.29 is 22.9 Å². The van der Waals surface area contributed by atoms with Crippen molar-refractivity contribution in [2.24, 2.45) is 0 Å². The van der Waals surface area contributed by atoms with E-state index in [0.29, 0.717) is 6.42 Å². The second-order valence-electron chi connectivity index (χ2n) is 13.9. The highest BCUT2D eigenvalue weighted by Gasteiger charge is 2.24. The van der Waals surface area contributed by atoms with Gasteiger partial charge in [-0.25, -0.2) is 0 Å². The van der Waals surface area contributed by atoms with E-state index < -0.39 is 28.0 Å². The molecular formula is C42H77NO5S. The average molecular weight is 708 g/mol. The molecule has 0 aromatic carbocycles. The summed E-state index contributed by atoms with van der Waals surface area (Å²) < 4.78 is 32.4. The van der Waals surface area contributed by atoms with Gasteiger partial charge in [0.05, 0.1) is 17.9 Å². The van der Waals surface area contributed by atoms with E-state index in [-0.39, 0.29) is 12.3 Å². The molecule has 3 N–H and O–H groups in total. The Morgan fingerprint density at radius 1 is 0.531 bits per heavy atom. The molecule has 1 amide bonds. The van der Waals surface area contributed by atoms with E-state index in [4.69, 9.17) is 0 Å². The lowest BCUT2D eigenvalue weighted by Crippen LogP contribution is -2.46. The molecule has 286 valence electrons. The van der Waals surface area contributed by atoms with Gasteiger partial charge in [-0.3, -0.25) is 9.35 Å². The van der Waals surface area contributed by atoms with Crippen LogP contribution in [-0.4, -0.2) is 41.9 Å². The van der Waals surface area contributed by atoms with Crippen molar-refractivity contribution in [3.05, 3.63) is 48.6 Å². The maximum Gasteiger partial charge on any atom is 0.267 e. The largest absolute Gasteiger partial charge is 0.387 e. The molecule has 2 unspecified atom stereocenters. The van der Waals surface area contributed by atoms with Crippen molar-refractivity contribution in [2.75, 3.05) is 5.75 Å². The minimum absolute atomic E-state index is 0.279. The van der Waals surface area contributed by atoms with Gasteiger partial charge in [-0.1, -0.05) is 165 Å². The molecule has 0 heterocycles. The Balaban J connectivity index is 4.01. The van der Waals surface area contributed by atoms with Crippen LogP contribution in [0.4, 0.5) is 0 Å². The molecule has 7 heteroatoms. The third kappa shape index (κ3) is 37.4. The Bertz CT molecular complexity index is 956. The van der Waals surface area contributed by atoms with Crippen LogP contribution in [0.2, 0.25) is 0 Å². The summed E-state index contributed by atoms with van der Waals surface area (Å²) in [5, 5.41) is 13.2. The van der Waals surface area contributed by atoms with E-state index in [1.165, 1.54) is 122 Å². The summed E-state index contributed by atoms with van der Waals surface area (Å²) in [5.41, 5.74) is 0. The van der Waals surface area contributed by atoms with Crippen LogP contribution < -0.4 is 5.32 Å². The average Bonchev–Trinajstić information content (AvgIpc) is 3.06. The van der Waals surface area contributed by atoms with Gasteiger partial charge in [0.1, 0.15) is 0 Å². The number of allylic oxidation sites excluding steroid dienone is 7.